The van der Waals surface area contributed by atoms with E-state index >= 15 is 0 Å². The van der Waals surface area contributed by atoms with Crippen molar-refractivity contribution in [3.05, 3.63) is 59.2 Å². The largest absolute Gasteiger partial charge is 0.506 e. The summed E-state index contributed by atoms with van der Waals surface area (Å²) in [4.78, 5) is 18.7. The molecule has 0 atom stereocenters. The summed E-state index contributed by atoms with van der Waals surface area (Å²) in [6, 6.07) is 10.1. The number of anilines is 1. The van der Waals surface area contributed by atoms with E-state index in [0.29, 0.717) is 21.6 Å². The summed E-state index contributed by atoms with van der Waals surface area (Å²) in [6.07, 6.45) is -4.63. The first-order valence-corrected chi connectivity index (χ1v) is 10.2. The standard InChI is InChI=1S/C21H16F3N3O2S2/c1-11(2)27(14-6-7-16-17(9-14)31-20(30)26-16)19(29)15(10-25)18(28)12-4-3-5-13(8-12)21(22,23)24/h3-9,11,28H,1-2H3,(H,26,30)/b18-15-. The predicted molar refractivity (Wildman–Crippen MR) is 116 cm³/mol. The van der Waals surface area contributed by atoms with Crippen LogP contribution in [0.5, 0.6) is 0 Å². The van der Waals surface area contributed by atoms with Crippen LogP contribution < -0.4 is 4.90 Å². The van der Waals surface area contributed by atoms with E-state index in [1.54, 1.807) is 38.1 Å². The van der Waals surface area contributed by atoms with Gasteiger partial charge in [0.15, 0.2) is 5.57 Å². The van der Waals surface area contributed by atoms with Crippen LogP contribution in [-0.4, -0.2) is 22.0 Å². The number of thiol groups is 1. The average molecular weight is 464 g/mol. The first-order chi connectivity index (χ1) is 14.5. The summed E-state index contributed by atoms with van der Waals surface area (Å²) in [5, 5.41) is 20.1. The Labute approximate surface area is 185 Å². The molecule has 160 valence electrons. The molecule has 2 aromatic carbocycles. The zero-order valence-electron chi connectivity index (χ0n) is 16.3. The number of nitriles is 1. The number of amides is 1. The topological polar surface area (TPSA) is 77.2 Å². The van der Waals surface area contributed by atoms with Crippen LogP contribution in [0, 0.1) is 11.3 Å². The molecule has 0 bridgehead atoms. The van der Waals surface area contributed by atoms with E-state index in [1.807, 2.05) is 0 Å². The van der Waals surface area contributed by atoms with Gasteiger partial charge in [-0.3, -0.25) is 4.79 Å². The van der Waals surface area contributed by atoms with Crippen molar-refractivity contribution in [2.45, 2.75) is 30.4 Å². The number of halogens is 3. The fourth-order valence-electron chi connectivity index (χ4n) is 3.01. The molecule has 1 heterocycles. The summed E-state index contributed by atoms with van der Waals surface area (Å²) in [5.74, 6) is -1.65. The number of aliphatic hydroxyl groups is 1. The van der Waals surface area contributed by atoms with Gasteiger partial charge in [-0.05, 0) is 44.2 Å². The zero-order valence-corrected chi connectivity index (χ0v) is 18.0. The Hall–Kier alpha value is -3.03. The average Bonchev–Trinajstić information content (AvgIpc) is 3.07. The van der Waals surface area contributed by atoms with Crippen molar-refractivity contribution < 1.29 is 23.1 Å². The van der Waals surface area contributed by atoms with E-state index < -0.39 is 35.0 Å². The van der Waals surface area contributed by atoms with Crippen LogP contribution in [-0.2, 0) is 11.0 Å². The molecule has 3 aromatic rings. The molecule has 31 heavy (non-hydrogen) atoms. The summed E-state index contributed by atoms with van der Waals surface area (Å²) in [7, 11) is 0. The van der Waals surface area contributed by atoms with Crippen molar-refractivity contribution >= 4 is 51.5 Å². The van der Waals surface area contributed by atoms with Crippen LogP contribution in [0.15, 0.2) is 52.4 Å². The maximum Gasteiger partial charge on any atom is 0.416 e. The lowest BCUT2D eigenvalue weighted by Crippen LogP contribution is -2.38. The maximum atomic E-state index is 13.2. The van der Waals surface area contributed by atoms with Gasteiger partial charge in [0.1, 0.15) is 16.2 Å². The quantitative estimate of drug-likeness (QED) is 0.221. The van der Waals surface area contributed by atoms with E-state index in [9.17, 15) is 28.3 Å². The third-order valence-corrected chi connectivity index (χ3v) is 5.59. The molecule has 0 fully saturated rings. The minimum atomic E-state index is -4.63. The Morgan fingerprint density at radius 2 is 1.97 bits per heavy atom. The van der Waals surface area contributed by atoms with Gasteiger partial charge in [-0.2, -0.15) is 18.4 Å². The molecule has 0 spiro atoms. The van der Waals surface area contributed by atoms with Crippen molar-refractivity contribution in [1.29, 1.82) is 5.26 Å². The smallest absolute Gasteiger partial charge is 0.416 e. The number of aromatic nitrogens is 1. The van der Waals surface area contributed by atoms with Crippen molar-refractivity contribution in [3.8, 4) is 6.07 Å². The summed E-state index contributed by atoms with van der Waals surface area (Å²) < 4.78 is 40.4. The monoisotopic (exact) mass is 463 g/mol. The minimum absolute atomic E-state index is 0.277. The van der Waals surface area contributed by atoms with Crippen molar-refractivity contribution in [3.63, 3.8) is 0 Å². The van der Waals surface area contributed by atoms with E-state index in [4.69, 9.17) is 0 Å². The number of rotatable bonds is 4. The summed E-state index contributed by atoms with van der Waals surface area (Å²) in [5.41, 5.74) is -0.791. The number of aliphatic hydroxyl groups excluding tert-OH is 1. The van der Waals surface area contributed by atoms with Gasteiger partial charge in [0.2, 0.25) is 0 Å². The van der Waals surface area contributed by atoms with Gasteiger partial charge < -0.3 is 10.0 Å². The lowest BCUT2D eigenvalue weighted by Gasteiger charge is -2.27. The molecule has 0 unspecified atom stereocenters. The zero-order chi connectivity index (χ0) is 22.9. The molecule has 0 aliphatic heterocycles. The Morgan fingerprint density at radius 1 is 1.26 bits per heavy atom. The number of hydrogen-bond acceptors (Lipinski definition) is 6. The highest BCUT2D eigenvalue weighted by atomic mass is 32.2. The number of carbonyl (C=O) groups is 1. The highest BCUT2D eigenvalue weighted by Crippen LogP contribution is 2.33. The number of thiazole rings is 1. The number of nitrogens with zero attached hydrogens (tertiary/aromatic N) is 3. The number of alkyl halides is 3. The molecule has 0 radical (unpaired) electrons. The van der Waals surface area contributed by atoms with Crippen molar-refractivity contribution in [2.24, 2.45) is 0 Å². The third kappa shape index (κ3) is 4.68. The Morgan fingerprint density at radius 3 is 2.58 bits per heavy atom. The SMILES string of the molecule is CC(C)N(C(=O)/C(C#N)=C(\O)c1cccc(C(F)(F)F)c1)c1ccc2nc(S)sc2c1. The molecule has 1 N–H and O–H groups in total. The fraction of sp³-hybridized carbons (Fsp3) is 0.190. The second-order valence-corrected chi connectivity index (χ2v) is 8.59. The molecule has 10 heteroatoms. The fourth-order valence-corrected chi connectivity index (χ4v) is 4.15. The third-order valence-electron chi connectivity index (χ3n) is 4.40. The van der Waals surface area contributed by atoms with Gasteiger partial charge in [-0.25, -0.2) is 4.98 Å². The second kappa shape index (κ2) is 8.61. The lowest BCUT2D eigenvalue weighted by molar-refractivity contribution is -0.137. The molecule has 0 aliphatic rings. The number of carbonyl (C=O) groups excluding carboxylic acids is 1. The normalized spacial score (nSPS) is 12.6. The molecule has 0 aliphatic carbocycles. The van der Waals surface area contributed by atoms with Crippen LogP contribution in [0.4, 0.5) is 18.9 Å². The van der Waals surface area contributed by atoms with E-state index in [1.165, 1.54) is 22.3 Å². The second-order valence-electron chi connectivity index (χ2n) is 6.83. The van der Waals surface area contributed by atoms with Crippen LogP contribution in [0.3, 0.4) is 0 Å². The van der Waals surface area contributed by atoms with Crippen LogP contribution in [0.1, 0.15) is 25.0 Å². The van der Waals surface area contributed by atoms with Gasteiger partial charge in [0.05, 0.1) is 15.8 Å². The predicted octanol–water partition coefficient (Wildman–Crippen LogP) is 5.84. The van der Waals surface area contributed by atoms with Crippen molar-refractivity contribution in [2.75, 3.05) is 4.90 Å². The van der Waals surface area contributed by atoms with Crippen LogP contribution in [0.2, 0.25) is 0 Å². The first kappa shape index (κ1) is 22.7. The molecule has 1 amide bonds. The number of benzene rings is 2. The van der Waals surface area contributed by atoms with Crippen molar-refractivity contribution in [1.82, 2.24) is 4.98 Å². The summed E-state index contributed by atoms with van der Waals surface area (Å²) >= 11 is 5.53. The van der Waals surface area contributed by atoms with E-state index in [-0.39, 0.29) is 5.56 Å². The molecule has 5 nitrogen and oxygen atoms in total. The lowest BCUT2D eigenvalue weighted by atomic mass is 10.0. The van der Waals surface area contributed by atoms with Gasteiger partial charge in [0.25, 0.3) is 5.91 Å². The number of fused-ring (bicyclic) bond motifs is 1. The molecular formula is C21H16F3N3O2S2. The van der Waals surface area contributed by atoms with Gasteiger partial charge in [-0.15, -0.1) is 24.0 Å². The van der Waals surface area contributed by atoms with Crippen LogP contribution >= 0.6 is 24.0 Å². The Bertz CT molecular complexity index is 1230. The molecule has 1 aromatic heterocycles. The van der Waals surface area contributed by atoms with Crippen LogP contribution in [0.25, 0.3) is 16.0 Å². The Kier molecular flexibility index (Phi) is 6.29. The maximum absolute atomic E-state index is 13.2. The van der Waals surface area contributed by atoms with E-state index in [0.717, 1.165) is 16.8 Å². The minimum Gasteiger partial charge on any atom is -0.506 e. The molecule has 3 rings (SSSR count). The molecular weight excluding hydrogens is 447 g/mol. The van der Waals surface area contributed by atoms with Gasteiger partial charge >= 0.3 is 6.18 Å². The molecule has 0 saturated carbocycles. The Balaban J connectivity index is 2.08. The highest BCUT2D eigenvalue weighted by Gasteiger charge is 2.32. The van der Waals surface area contributed by atoms with Gasteiger partial charge in [0, 0.05) is 17.3 Å². The first-order valence-electron chi connectivity index (χ1n) is 8.97. The summed E-state index contributed by atoms with van der Waals surface area (Å²) in [6.45, 7) is 3.43. The highest BCUT2D eigenvalue weighted by molar-refractivity contribution is 7.82. The van der Waals surface area contributed by atoms with Gasteiger partial charge in [-0.1, -0.05) is 12.1 Å². The van der Waals surface area contributed by atoms with E-state index in [2.05, 4.69) is 17.6 Å². The number of hydrogen-bond donors (Lipinski definition) is 2. The molecule has 0 saturated heterocycles.